The van der Waals surface area contributed by atoms with Gasteiger partial charge in [-0.1, -0.05) is 18.2 Å². The third-order valence-corrected chi connectivity index (χ3v) is 3.79. The SMILES string of the molecule is N#Cc1cc(N)ccc1N1CCCCc2ccccc21. The lowest BCUT2D eigenvalue weighted by Crippen LogP contribution is -2.19. The highest BCUT2D eigenvalue weighted by atomic mass is 15.1. The van der Waals surface area contributed by atoms with Crippen molar-refractivity contribution in [1.82, 2.24) is 0 Å². The molecule has 3 heteroatoms. The molecule has 1 aliphatic rings. The predicted molar refractivity (Wildman–Crippen MR) is 82.0 cm³/mol. The van der Waals surface area contributed by atoms with Gasteiger partial charge in [0.2, 0.25) is 0 Å². The van der Waals surface area contributed by atoms with Crippen molar-refractivity contribution in [1.29, 1.82) is 5.26 Å². The van der Waals surface area contributed by atoms with Crippen LogP contribution < -0.4 is 10.6 Å². The number of nitriles is 1. The molecule has 0 bridgehead atoms. The number of anilines is 3. The van der Waals surface area contributed by atoms with Crippen molar-refractivity contribution >= 4 is 17.1 Å². The normalized spacial score (nSPS) is 14.2. The van der Waals surface area contributed by atoms with E-state index in [2.05, 4.69) is 35.2 Å². The lowest BCUT2D eigenvalue weighted by atomic mass is 10.1. The number of fused-ring (bicyclic) bond motifs is 1. The minimum Gasteiger partial charge on any atom is -0.399 e. The van der Waals surface area contributed by atoms with Gasteiger partial charge >= 0.3 is 0 Å². The van der Waals surface area contributed by atoms with Gasteiger partial charge in [0.25, 0.3) is 0 Å². The highest BCUT2D eigenvalue weighted by molar-refractivity contribution is 5.73. The second kappa shape index (κ2) is 5.26. The quantitative estimate of drug-likeness (QED) is 0.799. The average Bonchev–Trinajstić information content (AvgIpc) is 2.69. The van der Waals surface area contributed by atoms with Crippen LogP contribution in [0.2, 0.25) is 0 Å². The maximum atomic E-state index is 9.36. The number of rotatable bonds is 1. The lowest BCUT2D eigenvalue weighted by Gasteiger charge is -2.26. The van der Waals surface area contributed by atoms with Crippen molar-refractivity contribution in [2.24, 2.45) is 0 Å². The number of nitrogens with two attached hydrogens (primary N) is 1. The van der Waals surface area contributed by atoms with Gasteiger partial charge in [-0.25, -0.2) is 0 Å². The summed E-state index contributed by atoms with van der Waals surface area (Å²) in [6.45, 7) is 0.940. The first-order chi connectivity index (χ1) is 9.79. The van der Waals surface area contributed by atoms with Crippen molar-refractivity contribution in [3.8, 4) is 6.07 Å². The van der Waals surface area contributed by atoms with Gasteiger partial charge in [-0.2, -0.15) is 5.26 Å². The third kappa shape index (κ3) is 2.21. The zero-order chi connectivity index (χ0) is 13.9. The Balaban J connectivity index is 2.13. The van der Waals surface area contributed by atoms with Gasteiger partial charge in [0.15, 0.2) is 0 Å². The van der Waals surface area contributed by atoms with Crippen LogP contribution in [0, 0.1) is 11.3 Å². The molecule has 0 atom stereocenters. The van der Waals surface area contributed by atoms with Gasteiger partial charge in [-0.3, -0.25) is 0 Å². The van der Waals surface area contributed by atoms with Crippen LogP contribution in [0.5, 0.6) is 0 Å². The Hall–Kier alpha value is -2.47. The molecule has 100 valence electrons. The standard InChI is InChI=1S/C17H17N3/c18-12-14-11-15(19)8-9-17(14)20-10-4-3-6-13-5-1-2-7-16(13)20/h1-2,5,7-9,11H,3-4,6,10,19H2. The van der Waals surface area contributed by atoms with Gasteiger partial charge in [0.05, 0.1) is 11.3 Å². The summed E-state index contributed by atoms with van der Waals surface area (Å²) in [7, 11) is 0. The van der Waals surface area contributed by atoms with Gasteiger partial charge in [0, 0.05) is 17.9 Å². The van der Waals surface area contributed by atoms with E-state index in [0.29, 0.717) is 11.3 Å². The zero-order valence-electron chi connectivity index (χ0n) is 11.3. The van der Waals surface area contributed by atoms with Crippen LogP contribution >= 0.6 is 0 Å². The monoisotopic (exact) mass is 263 g/mol. The molecule has 0 spiro atoms. The Morgan fingerprint density at radius 3 is 2.75 bits per heavy atom. The van der Waals surface area contributed by atoms with E-state index in [1.165, 1.54) is 17.7 Å². The number of nitrogens with zero attached hydrogens (tertiary/aromatic N) is 2. The molecule has 0 saturated carbocycles. The summed E-state index contributed by atoms with van der Waals surface area (Å²) in [5.74, 6) is 0. The average molecular weight is 263 g/mol. The van der Waals surface area contributed by atoms with Crippen LogP contribution in [0.15, 0.2) is 42.5 Å². The number of nitrogen functional groups attached to an aromatic ring is 1. The molecule has 20 heavy (non-hydrogen) atoms. The Labute approximate surface area is 119 Å². The highest BCUT2D eigenvalue weighted by Gasteiger charge is 2.18. The minimum absolute atomic E-state index is 0.633. The first kappa shape index (κ1) is 12.6. The molecule has 0 aliphatic carbocycles. The fraction of sp³-hybridized carbons (Fsp3) is 0.235. The molecule has 0 amide bonds. The smallest absolute Gasteiger partial charge is 0.101 e. The van der Waals surface area contributed by atoms with Crippen LogP contribution in [0.25, 0.3) is 0 Å². The maximum absolute atomic E-state index is 9.36. The number of hydrogen-bond donors (Lipinski definition) is 1. The lowest BCUT2D eigenvalue weighted by molar-refractivity contribution is 0.761. The van der Waals surface area contributed by atoms with E-state index in [9.17, 15) is 5.26 Å². The van der Waals surface area contributed by atoms with Crippen molar-refractivity contribution < 1.29 is 0 Å². The van der Waals surface area contributed by atoms with Gasteiger partial charge < -0.3 is 10.6 Å². The minimum atomic E-state index is 0.633. The number of benzene rings is 2. The molecule has 0 fully saturated rings. The molecule has 1 heterocycles. The summed E-state index contributed by atoms with van der Waals surface area (Å²) < 4.78 is 0. The van der Waals surface area contributed by atoms with Crippen LogP contribution in [0.3, 0.4) is 0 Å². The summed E-state index contributed by atoms with van der Waals surface area (Å²) in [6, 6.07) is 16.3. The van der Waals surface area contributed by atoms with Crippen LogP contribution in [-0.2, 0) is 6.42 Å². The molecule has 0 radical (unpaired) electrons. The summed E-state index contributed by atoms with van der Waals surface area (Å²) >= 11 is 0. The topological polar surface area (TPSA) is 53.1 Å². The zero-order valence-corrected chi connectivity index (χ0v) is 11.3. The van der Waals surface area contributed by atoms with Crippen molar-refractivity contribution in [3.05, 3.63) is 53.6 Å². The van der Waals surface area contributed by atoms with E-state index >= 15 is 0 Å². The summed E-state index contributed by atoms with van der Waals surface area (Å²) in [5, 5.41) is 9.36. The predicted octanol–water partition coefficient (Wildman–Crippen LogP) is 3.61. The summed E-state index contributed by atoms with van der Waals surface area (Å²) in [4.78, 5) is 2.25. The molecule has 1 aliphatic heterocycles. The molecule has 2 aromatic rings. The molecule has 0 saturated heterocycles. The van der Waals surface area contributed by atoms with E-state index in [1.54, 1.807) is 6.07 Å². The van der Waals surface area contributed by atoms with Crippen LogP contribution in [0.4, 0.5) is 17.1 Å². The van der Waals surface area contributed by atoms with Gasteiger partial charge in [0.1, 0.15) is 6.07 Å². The highest BCUT2D eigenvalue weighted by Crippen LogP contribution is 2.34. The maximum Gasteiger partial charge on any atom is 0.101 e. The largest absolute Gasteiger partial charge is 0.399 e. The van der Waals surface area contributed by atoms with Gasteiger partial charge in [-0.05, 0) is 49.1 Å². The van der Waals surface area contributed by atoms with Crippen molar-refractivity contribution in [2.75, 3.05) is 17.2 Å². The molecule has 2 aromatic carbocycles. The Morgan fingerprint density at radius 1 is 1.05 bits per heavy atom. The summed E-state index contributed by atoms with van der Waals surface area (Å²) in [5.41, 5.74) is 10.6. The van der Waals surface area contributed by atoms with E-state index in [-0.39, 0.29) is 0 Å². The molecule has 0 unspecified atom stereocenters. The van der Waals surface area contributed by atoms with Crippen molar-refractivity contribution in [3.63, 3.8) is 0 Å². The Bertz CT molecular complexity index is 670. The fourth-order valence-corrected chi connectivity index (χ4v) is 2.82. The Morgan fingerprint density at radius 2 is 1.90 bits per heavy atom. The first-order valence-electron chi connectivity index (χ1n) is 6.94. The third-order valence-electron chi connectivity index (χ3n) is 3.79. The van der Waals surface area contributed by atoms with Crippen molar-refractivity contribution in [2.45, 2.75) is 19.3 Å². The number of aryl methyl sites for hydroxylation is 1. The Kier molecular flexibility index (Phi) is 3.30. The van der Waals surface area contributed by atoms with E-state index < -0.39 is 0 Å². The number of hydrogen-bond acceptors (Lipinski definition) is 3. The molecule has 2 N–H and O–H groups in total. The second-order valence-corrected chi connectivity index (χ2v) is 5.13. The van der Waals surface area contributed by atoms with E-state index in [1.807, 2.05) is 12.1 Å². The van der Waals surface area contributed by atoms with E-state index in [4.69, 9.17) is 5.73 Å². The van der Waals surface area contributed by atoms with Gasteiger partial charge in [-0.15, -0.1) is 0 Å². The molecule has 0 aromatic heterocycles. The molecular weight excluding hydrogens is 246 g/mol. The molecule has 3 rings (SSSR count). The molecular formula is C17H17N3. The second-order valence-electron chi connectivity index (χ2n) is 5.13. The first-order valence-corrected chi connectivity index (χ1v) is 6.94. The summed E-state index contributed by atoms with van der Waals surface area (Å²) in [6.07, 6.45) is 3.41. The van der Waals surface area contributed by atoms with E-state index in [0.717, 1.165) is 25.1 Å². The molecule has 3 nitrogen and oxygen atoms in total. The number of para-hydroxylation sites is 1. The fourth-order valence-electron chi connectivity index (χ4n) is 2.82. The van der Waals surface area contributed by atoms with Crippen LogP contribution in [0.1, 0.15) is 24.0 Å². The van der Waals surface area contributed by atoms with Crippen LogP contribution in [-0.4, -0.2) is 6.54 Å².